The van der Waals surface area contributed by atoms with Crippen LogP contribution in [-0.4, -0.2) is 47.8 Å². The van der Waals surface area contributed by atoms with Gasteiger partial charge in [-0.15, -0.1) is 0 Å². The zero-order valence-electron chi connectivity index (χ0n) is 27.2. The maximum absolute atomic E-state index is 13.9. The van der Waals surface area contributed by atoms with E-state index in [1.165, 1.54) is 25.0 Å². The highest BCUT2D eigenvalue weighted by atomic mass is 16.5. The zero-order valence-corrected chi connectivity index (χ0v) is 27.2. The van der Waals surface area contributed by atoms with Gasteiger partial charge in [0.1, 0.15) is 12.4 Å². The number of nitrogens with zero attached hydrogens (tertiary/aromatic N) is 3. The lowest BCUT2D eigenvalue weighted by Gasteiger charge is -2.18. The Morgan fingerprint density at radius 2 is 1.68 bits per heavy atom. The molecule has 0 fully saturated rings. The van der Waals surface area contributed by atoms with Crippen LogP contribution in [0.4, 0.5) is 0 Å². The Labute approximate surface area is 272 Å². The van der Waals surface area contributed by atoms with Crippen molar-refractivity contribution in [2.24, 2.45) is 5.10 Å². The van der Waals surface area contributed by atoms with Gasteiger partial charge in [-0.3, -0.25) is 4.79 Å². The Morgan fingerprint density at radius 1 is 0.957 bits per heavy atom. The highest BCUT2D eigenvalue weighted by Gasteiger charge is 2.19. The van der Waals surface area contributed by atoms with Crippen LogP contribution < -0.4 is 24.5 Å². The van der Waals surface area contributed by atoms with E-state index in [-0.39, 0.29) is 23.6 Å². The van der Waals surface area contributed by atoms with Crippen LogP contribution in [-0.2, 0) is 6.61 Å². The highest BCUT2D eigenvalue weighted by molar-refractivity contribution is 5.87. The summed E-state index contributed by atoms with van der Waals surface area (Å²) >= 11 is 0. The number of aryl methyl sites for hydroxylation is 1. The Hall–Kier alpha value is -5.64. The lowest BCUT2D eigenvalue weighted by atomic mass is 9.96. The first-order chi connectivity index (χ1) is 22.6. The van der Waals surface area contributed by atoms with Crippen LogP contribution in [0, 0.1) is 6.92 Å². The molecule has 1 N–H and O–H groups in total. The van der Waals surface area contributed by atoms with Gasteiger partial charge < -0.3 is 24.1 Å². The molecule has 0 aliphatic rings. The van der Waals surface area contributed by atoms with Gasteiger partial charge in [0, 0.05) is 11.1 Å². The summed E-state index contributed by atoms with van der Waals surface area (Å²) in [5.41, 5.74) is 4.32. The maximum Gasteiger partial charge on any atom is 0.335 e. The minimum atomic E-state index is -1.02. The van der Waals surface area contributed by atoms with E-state index in [0.717, 1.165) is 22.4 Å². The van der Waals surface area contributed by atoms with E-state index in [0.29, 0.717) is 51.7 Å². The van der Waals surface area contributed by atoms with E-state index in [4.69, 9.17) is 23.9 Å². The van der Waals surface area contributed by atoms with Crippen molar-refractivity contribution >= 4 is 23.1 Å². The minimum Gasteiger partial charge on any atom is -0.494 e. The lowest BCUT2D eigenvalue weighted by Crippen LogP contribution is -2.21. The molecule has 0 radical (unpaired) electrons. The van der Waals surface area contributed by atoms with E-state index in [1.807, 2.05) is 38.1 Å². The molecule has 0 aliphatic carbocycles. The third-order valence-electron chi connectivity index (χ3n) is 7.64. The average Bonchev–Trinajstić information content (AvgIpc) is 3.07. The largest absolute Gasteiger partial charge is 0.494 e. The van der Waals surface area contributed by atoms with Crippen LogP contribution in [0.25, 0.3) is 22.3 Å². The number of fused-ring (bicyclic) bond motifs is 1. The van der Waals surface area contributed by atoms with Crippen molar-refractivity contribution in [1.29, 1.82) is 0 Å². The second kappa shape index (κ2) is 14.2. The number of carbonyl (C=O) groups is 1. The number of methoxy groups -OCH3 is 2. The summed E-state index contributed by atoms with van der Waals surface area (Å²) in [6.45, 7) is 8.73. The van der Waals surface area contributed by atoms with Crippen molar-refractivity contribution in [3.05, 3.63) is 111 Å². The molecule has 5 rings (SSSR count). The van der Waals surface area contributed by atoms with E-state index in [9.17, 15) is 14.7 Å². The van der Waals surface area contributed by atoms with Gasteiger partial charge in [-0.05, 0) is 85.0 Å². The summed E-state index contributed by atoms with van der Waals surface area (Å²) in [4.78, 5) is 30.2. The molecule has 5 aromatic rings. The zero-order chi connectivity index (χ0) is 33.7. The molecule has 0 saturated carbocycles. The number of carboxylic acid groups (broad SMARTS) is 1. The van der Waals surface area contributed by atoms with Gasteiger partial charge in [-0.1, -0.05) is 38.1 Å². The lowest BCUT2D eigenvalue weighted by molar-refractivity contribution is 0.0696. The maximum atomic E-state index is 13.9. The number of aromatic carboxylic acids is 1. The minimum absolute atomic E-state index is 0.0859. The van der Waals surface area contributed by atoms with Crippen LogP contribution in [0.2, 0.25) is 0 Å². The van der Waals surface area contributed by atoms with Crippen LogP contribution in [0.15, 0.2) is 82.7 Å². The molecule has 242 valence electrons. The normalized spacial score (nSPS) is 11.3. The molecular formula is C37H37N3O7. The summed E-state index contributed by atoms with van der Waals surface area (Å²) in [6.07, 6.45) is 1.54. The first-order valence-electron chi connectivity index (χ1n) is 15.2. The fourth-order valence-corrected chi connectivity index (χ4v) is 5.27. The second-order valence-corrected chi connectivity index (χ2v) is 11.2. The van der Waals surface area contributed by atoms with E-state index >= 15 is 0 Å². The second-order valence-electron chi connectivity index (χ2n) is 11.2. The molecule has 0 aliphatic heterocycles. The monoisotopic (exact) mass is 635 g/mol. The first-order valence-corrected chi connectivity index (χ1v) is 15.2. The van der Waals surface area contributed by atoms with Crippen molar-refractivity contribution in [3.8, 4) is 34.4 Å². The third-order valence-corrected chi connectivity index (χ3v) is 7.64. The number of rotatable bonds is 12. The number of hydrogen-bond donors (Lipinski definition) is 1. The predicted octanol–water partition coefficient (Wildman–Crippen LogP) is 7.07. The van der Waals surface area contributed by atoms with Gasteiger partial charge >= 0.3 is 5.97 Å². The average molecular weight is 636 g/mol. The van der Waals surface area contributed by atoms with E-state index in [1.54, 1.807) is 48.7 Å². The fourth-order valence-electron chi connectivity index (χ4n) is 5.27. The predicted molar refractivity (Wildman–Crippen MR) is 182 cm³/mol. The molecular weight excluding hydrogens is 598 g/mol. The smallest absolute Gasteiger partial charge is 0.335 e. The number of benzene rings is 4. The molecule has 0 bridgehead atoms. The van der Waals surface area contributed by atoms with E-state index in [2.05, 4.69) is 18.9 Å². The highest BCUT2D eigenvalue weighted by Crippen LogP contribution is 2.39. The number of ether oxygens (including phenoxy) is 4. The molecule has 47 heavy (non-hydrogen) atoms. The number of para-hydroxylation sites is 1. The Kier molecular flexibility index (Phi) is 9.89. The third kappa shape index (κ3) is 6.96. The standard InChI is InChI=1S/C37H37N3O7/c1-7-46-31-15-23(4)29(19-28(31)22(2)3)35-39-30-14-9-8-13-27(30)36(41)40(35)38-20-25-17-32(44-5)34(33(18-25)45-6)47-21-24-11-10-12-26(16-24)37(42)43/h8-20,22H,7,21H2,1-6H3,(H,42,43). The molecule has 0 spiro atoms. The van der Waals surface area contributed by atoms with Gasteiger partial charge in [0.25, 0.3) is 5.56 Å². The summed E-state index contributed by atoms with van der Waals surface area (Å²) < 4.78 is 24.6. The van der Waals surface area contributed by atoms with Gasteiger partial charge in [0.05, 0.1) is 43.5 Å². The van der Waals surface area contributed by atoms with E-state index < -0.39 is 5.97 Å². The van der Waals surface area contributed by atoms with Crippen LogP contribution in [0.3, 0.4) is 0 Å². The summed E-state index contributed by atoms with van der Waals surface area (Å²) in [6, 6.07) is 21.1. The fraction of sp³-hybridized carbons (Fsp3) is 0.243. The molecule has 1 aromatic heterocycles. The molecule has 0 atom stereocenters. The van der Waals surface area contributed by atoms with Crippen molar-refractivity contribution in [3.63, 3.8) is 0 Å². The first kappa shape index (κ1) is 32.7. The van der Waals surface area contributed by atoms with Crippen molar-refractivity contribution in [2.75, 3.05) is 20.8 Å². The SMILES string of the molecule is CCOc1cc(C)c(-c2nc3ccccc3c(=O)n2N=Cc2cc(OC)c(OCc3cccc(C(=O)O)c3)c(OC)c2)cc1C(C)C. The Morgan fingerprint density at radius 3 is 2.34 bits per heavy atom. The van der Waals surface area contributed by atoms with Gasteiger partial charge in [-0.2, -0.15) is 9.78 Å². The number of hydrogen-bond acceptors (Lipinski definition) is 8. The summed E-state index contributed by atoms with van der Waals surface area (Å²) in [5, 5.41) is 14.4. The Bertz CT molecular complexity index is 2010. The molecule has 0 saturated heterocycles. The molecule has 10 nitrogen and oxygen atoms in total. The van der Waals surface area contributed by atoms with Gasteiger partial charge in [0.15, 0.2) is 17.3 Å². The van der Waals surface area contributed by atoms with Gasteiger partial charge in [-0.25, -0.2) is 9.78 Å². The molecule has 0 unspecified atom stereocenters. The van der Waals surface area contributed by atoms with Crippen molar-refractivity contribution < 1.29 is 28.8 Å². The Balaban J connectivity index is 1.58. The summed E-state index contributed by atoms with van der Waals surface area (Å²) in [7, 11) is 3.01. The van der Waals surface area contributed by atoms with Crippen molar-refractivity contribution in [1.82, 2.24) is 9.66 Å². The molecule has 1 heterocycles. The molecule has 10 heteroatoms. The van der Waals surface area contributed by atoms with Crippen LogP contribution >= 0.6 is 0 Å². The quantitative estimate of drug-likeness (QED) is 0.145. The summed E-state index contributed by atoms with van der Waals surface area (Å²) in [5.74, 6) is 1.42. The topological polar surface area (TPSA) is 121 Å². The van der Waals surface area contributed by atoms with Crippen molar-refractivity contribution in [2.45, 2.75) is 40.2 Å². The molecule has 0 amide bonds. The van der Waals surface area contributed by atoms with Crippen LogP contribution in [0.5, 0.6) is 23.0 Å². The number of aromatic nitrogens is 2. The van der Waals surface area contributed by atoms with Gasteiger partial charge in [0.2, 0.25) is 5.75 Å². The van der Waals surface area contributed by atoms with Crippen LogP contribution in [0.1, 0.15) is 59.3 Å². The number of carboxylic acids is 1. The molecule has 4 aromatic carbocycles.